The van der Waals surface area contributed by atoms with Gasteiger partial charge < -0.3 is 10.5 Å². The lowest BCUT2D eigenvalue weighted by molar-refractivity contribution is 0.0505. The van der Waals surface area contributed by atoms with Gasteiger partial charge in [-0.05, 0) is 31.0 Å². The van der Waals surface area contributed by atoms with E-state index < -0.39 is 0 Å². The zero-order valence-corrected chi connectivity index (χ0v) is 10.2. The molecule has 3 heteroatoms. The molecule has 0 bridgehead atoms. The summed E-state index contributed by atoms with van der Waals surface area (Å²) in [5.41, 5.74) is 7.54. The third-order valence-electron chi connectivity index (χ3n) is 2.18. The molecule has 0 fully saturated rings. The van der Waals surface area contributed by atoms with Gasteiger partial charge in [0.1, 0.15) is 0 Å². The van der Waals surface area contributed by atoms with Crippen molar-refractivity contribution in [1.82, 2.24) is 0 Å². The Bertz CT molecular complexity index is 301. The molecule has 14 heavy (non-hydrogen) atoms. The van der Waals surface area contributed by atoms with Crippen molar-refractivity contribution in [1.29, 1.82) is 0 Å². The third kappa shape index (κ3) is 3.31. The molecule has 1 unspecified atom stereocenters. The lowest BCUT2D eigenvalue weighted by atomic mass is 10.2. The van der Waals surface area contributed by atoms with Crippen LogP contribution >= 0.6 is 15.9 Å². The number of rotatable bonds is 4. The average molecular weight is 258 g/mol. The third-order valence-corrected chi connectivity index (χ3v) is 2.91. The summed E-state index contributed by atoms with van der Waals surface area (Å²) in [6.07, 6.45) is 1.34. The van der Waals surface area contributed by atoms with E-state index in [1.165, 1.54) is 0 Å². The second kappa shape index (κ2) is 5.37. The summed E-state index contributed by atoms with van der Waals surface area (Å²) in [5, 5.41) is 0. The maximum Gasteiger partial charge on any atom is 0.0731 e. The Kier molecular flexibility index (Phi) is 4.42. The number of anilines is 1. The topological polar surface area (TPSA) is 35.2 Å². The predicted molar refractivity (Wildman–Crippen MR) is 63.1 cm³/mol. The van der Waals surface area contributed by atoms with E-state index in [9.17, 15) is 0 Å². The number of nitrogens with two attached hydrogens (primary N) is 1. The van der Waals surface area contributed by atoms with Crippen LogP contribution in [0.4, 0.5) is 5.69 Å². The number of hydrogen-bond acceptors (Lipinski definition) is 2. The summed E-state index contributed by atoms with van der Waals surface area (Å²) in [7, 11) is 0. The van der Waals surface area contributed by atoms with E-state index in [0.29, 0.717) is 12.7 Å². The molecule has 1 aromatic rings. The molecule has 1 aromatic carbocycles. The van der Waals surface area contributed by atoms with Gasteiger partial charge in [0.15, 0.2) is 0 Å². The zero-order valence-electron chi connectivity index (χ0n) is 8.59. The smallest absolute Gasteiger partial charge is 0.0731 e. The Morgan fingerprint density at radius 2 is 2.21 bits per heavy atom. The molecule has 0 saturated carbocycles. The normalized spacial score (nSPS) is 12.8. The van der Waals surface area contributed by atoms with E-state index in [0.717, 1.165) is 22.1 Å². The first-order valence-electron chi connectivity index (χ1n) is 4.79. The standard InChI is InChI=1S/C11H16BrNO/c1-3-8(2)14-7-9-4-5-10(13)6-11(9)12/h4-6,8H,3,7,13H2,1-2H3. The van der Waals surface area contributed by atoms with Gasteiger partial charge in [-0.1, -0.05) is 28.9 Å². The quantitative estimate of drug-likeness (QED) is 0.840. The number of hydrogen-bond donors (Lipinski definition) is 1. The van der Waals surface area contributed by atoms with Gasteiger partial charge in [0.05, 0.1) is 12.7 Å². The average Bonchev–Trinajstić information content (AvgIpc) is 2.16. The van der Waals surface area contributed by atoms with Crippen LogP contribution in [0, 0.1) is 0 Å². The molecule has 0 aliphatic carbocycles. The van der Waals surface area contributed by atoms with Crippen LogP contribution in [0.25, 0.3) is 0 Å². The highest BCUT2D eigenvalue weighted by molar-refractivity contribution is 9.10. The van der Waals surface area contributed by atoms with Crippen LogP contribution in [0.15, 0.2) is 22.7 Å². The van der Waals surface area contributed by atoms with Crippen LogP contribution in [0.5, 0.6) is 0 Å². The van der Waals surface area contributed by atoms with E-state index >= 15 is 0 Å². The first-order valence-corrected chi connectivity index (χ1v) is 5.58. The second-order valence-corrected chi connectivity index (χ2v) is 4.24. The van der Waals surface area contributed by atoms with Gasteiger partial charge in [0.25, 0.3) is 0 Å². The Morgan fingerprint density at radius 1 is 1.50 bits per heavy atom. The van der Waals surface area contributed by atoms with Crippen molar-refractivity contribution in [2.24, 2.45) is 0 Å². The van der Waals surface area contributed by atoms with Crippen LogP contribution in [0.2, 0.25) is 0 Å². The molecular weight excluding hydrogens is 242 g/mol. The van der Waals surface area contributed by atoms with Crippen molar-refractivity contribution >= 4 is 21.6 Å². The number of halogens is 1. The fraction of sp³-hybridized carbons (Fsp3) is 0.455. The summed E-state index contributed by atoms with van der Waals surface area (Å²) in [6.45, 7) is 4.82. The highest BCUT2D eigenvalue weighted by Gasteiger charge is 2.03. The van der Waals surface area contributed by atoms with Crippen LogP contribution < -0.4 is 5.73 Å². The Morgan fingerprint density at radius 3 is 2.79 bits per heavy atom. The van der Waals surface area contributed by atoms with Crippen LogP contribution in [0.1, 0.15) is 25.8 Å². The molecule has 0 aliphatic rings. The minimum absolute atomic E-state index is 0.305. The van der Waals surface area contributed by atoms with Gasteiger partial charge in [-0.3, -0.25) is 0 Å². The Balaban J connectivity index is 2.59. The van der Waals surface area contributed by atoms with Gasteiger partial charge in [-0.15, -0.1) is 0 Å². The van der Waals surface area contributed by atoms with Crippen molar-refractivity contribution in [3.05, 3.63) is 28.2 Å². The molecule has 0 saturated heterocycles. The fourth-order valence-electron chi connectivity index (χ4n) is 1.03. The first-order chi connectivity index (χ1) is 6.63. The van der Waals surface area contributed by atoms with E-state index in [1.807, 2.05) is 18.2 Å². The van der Waals surface area contributed by atoms with Crippen molar-refractivity contribution in [2.45, 2.75) is 33.0 Å². The molecular formula is C11H16BrNO. The molecule has 0 amide bonds. The van der Waals surface area contributed by atoms with Crippen molar-refractivity contribution in [3.8, 4) is 0 Å². The SMILES string of the molecule is CCC(C)OCc1ccc(N)cc1Br. The monoisotopic (exact) mass is 257 g/mol. The molecule has 1 rings (SSSR count). The summed E-state index contributed by atoms with van der Waals surface area (Å²) in [6, 6.07) is 5.77. The Hall–Kier alpha value is -0.540. The molecule has 0 radical (unpaired) electrons. The number of ether oxygens (including phenoxy) is 1. The van der Waals surface area contributed by atoms with Gasteiger partial charge in [0, 0.05) is 10.2 Å². The molecule has 78 valence electrons. The molecule has 2 nitrogen and oxygen atoms in total. The minimum Gasteiger partial charge on any atom is -0.399 e. The summed E-state index contributed by atoms with van der Waals surface area (Å²) < 4.78 is 6.64. The van der Waals surface area contributed by atoms with E-state index in [4.69, 9.17) is 10.5 Å². The number of benzene rings is 1. The summed E-state index contributed by atoms with van der Waals surface area (Å²) >= 11 is 3.46. The zero-order chi connectivity index (χ0) is 10.6. The molecule has 0 heterocycles. The van der Waals surface area contributed by atoms with E-state index in [-0.39, 0.29) is 0 Å². The van der Waals surface area contributed by atoms with Crippen LogP contribution in [0.3, 0.4) is 0 Å². The highest BCUT2D eigenvalue weighted by atomic mass is 79.9. The molecule has 0 aromatic heterocycles. The van der Waals surface area contributed by atoms with E-state index in [1.54, 1.807) is 0 Å². The summed E-state index contributed by atoms with van der Waals surface area (Å²) in [4.78, 5) is 0. The first kappa shape index (κ1) is 11.5. The fourth-order valence-corrected chi connectivity index (χ4v) is 1.54. The van der Waals surface area contributed by atoms with Crippen molar-refractivity contribution in [3.63, 3.8) is 0 Å². The van der Waals surface area contributed by atoms with Gasteiger partial charge in [-0.2, -0.15) is 0 Å². The second-order valence-electron chi connectivity index (χ2n) is 3.38. The highest BCUT2D eigenvalue weighted by Crippen LogP contribution is 2.21. The van der Waals surface area contributed by atoms with E-state index in [2.05, 4.69) is 29.8 Å². The lowest BCUT2D eigenvalue weighted by Crippen LogP contribution is -2.06. The number of nitrogen functional groups attached to an aromatic ring is 1. The van der Waals surface area contributed by atoms with Crippen LogP contribution in [-0.4, -0.2) is 6.10 Å². The largest absolute Gasteiger partial charge is 0.399 e. The van der Waals surface area contributed by atoms with Gasteiger partial charge in [0.2, 0.25) is 0 Å². The maximum absolute atomic E-state index is 5.64. The van der Waals surface area contributed by atoms with Gasteiger partial charge in [-0.25, -0.2) is 0 Å². The van der Waals surface area contributed by atoms with Crippen LogP contribution in [-0.2, 0) is 11.3 Å². The predicted octanol–water partition coefficient (Wildman–Crippen LogP) is 3.35. The van der Waals surface area contributed by atoms with Crippen molar-refractivity contribution in [2.75, 3.05) is 5.73 Å². The summed E-state index contributed by atoms with van der Waals surface area (Å²) in [5.74, 6) is 0. The molecule has 0 aliphatic heterocycles. The van der Waals surface area contributed by atoms with Crippen molar-refractivity contribution < 1.29 is 4.74 Å². The Labute approximate surface area is 93.6 Å². The minimum atomic E-state index is 0.305. The maximum atomic E-state index is 5.64. The molecule has 0 spiro atoms. The van der Waals surface area contributed by atoms with Gasteiger partial charge >= 0.3 is 0 Å². The molecule has 2 N–H and O–H groups in total. The molecule has 1 atom stereocenters. The lowest BCUT2D eigenvalue weighted by Gasteiger charge is -2.11.